The van der Waals surface area contributed by atoms with E-state index in [9.17, 15) is 0 Å². The first-order valence-corrected chi connectivity index (χ1v) is 10.1. The lowest BCUT2D eigenvalue weighted by Crippen LogP contribution is -2.58. The number of aryl methyl sites for hydroxylation is 2. The number of rotatable bonds is 5. The van der Waals surface area contributed by atoms with Gasteiger partial charge in [-0.15, -0.1) is 11.8 Å². The predicted molar refractivity (Wildman–Crippen MR) is 94.7 cm³/mol. The minimum absolute atomic E-state index is 0.480. The zero-order valence-electron chi connectivity index (χ0n) is 14.5. The van der Waals surface area contributed by atoms with Gasteiger partial charge in [0.05, 0.1) is 17.5 Å². The summed E-state index contributed by atoms with van der Waals surface area (Å²) in [5, 5.41) is 4.45. The highest BCUT2D eigenvalue weighted by Crippen LogP contribution is 2.46. The lowest BCUT2D eigenvalue weighted by atomic mass is 9.92. The van der Waals surface area contributed by atoms with Crippen molar-refractivity contribution in [2.75, 3.05) is 25.4 Å². The molecule has 3 aliphatic rings. The lowest BCUT2D eigenvalue weighted by Gasteiger charge is -2.47. The van der Waals surface area contributed by atoms with Crippen LogP contribution in [0.5, 0.6) is 0 Å². The average Bonchev–Trinajstić information content (AvgIpc) is 3.18. The van der Waals surface area contributed by atoms with Gasteiger partial charge in [-0.2, -0.15) is 5.10 Å². The van der Waals surface area contributed by atoms with Gasteiger partial charge in [-0.1, -0.05) is 12.8 Å². The molecule has 1 aliphatic carbocycles. The maximum absolute atomic E-state index is 6.24. The van der Waals surface area contributed by atoms with Gasteiger partial charge in [-0.25, -0.2) is 0 Å². The van der Waals surface area contributed by atoms with Gasteiger partial charge in [0.2, 0.25) is 0 Å². The Kier molecular flexibility index (Phi) is 4.45. The van der Waals surface area contributed by atoms with Gasteiger partial charge in [-0.05, 0) is 38.2 Å². The maximum atomic E-state index is 6.24. The minimum Gasteiger partial charge on any atom is -0.377 e. The van der Waals surface area contributed by atoms with E-state index in [1.807, 2.05) is 4.68 Å². The largest absolute Gasteiger partial charge is 0.377 e. The van der Waals surface area contributed by atoms with Crippen molar-refractivity contribution in [2.45, 2.75) is 56.4 Å². The zero-order chi connectivity index (χ0) is 15.9. The van der Waals surface area contributed by atoms with Gasteiger partial charge < -0.3 is 4.74 Å². The number of ether oxygens (including phenoxy) is 1. The second-order valence-electron chi connectivity index (χ2n) is 7.85. The molecule has 23 heavy (non-hydrogen) atoms. The van der Waals surface area contributed by atoms with Gasteiger partial charge in [0.15, 0.2) is 0 Å². The third-order valence-corrected chi connectivity index (χ3v) is 7.30. The van der Waals surface area contributed by atoms with Gasteiger partial charge in [-0.3, -0.25) is 9.58 Å². The number of hydrogen-bond donors (Lipinski definition) is 0. The van der Waals surface area contributed by atoms with Crippen molar-refractivity contribution < 1.29 is 4.74 Å². The van der Waals surface area contributed by atoms with Crippen molar-refractivity contribution in [3.05, 3.63) is 17.5 Å². The first-order chi connectivity index (χ1) is 11.1. The van der Waals surface area contributed by atoms with E-state index >= 15 is 0 Å². The van der Waals surface area contributed by atoms with Crippen LogP contribution in [0, 0.1) is 12.8 Å². The highest BCUT2D eigenvalue weighted by Gasteiger charge is 2.49. The van der Waals surface area contributed by atoms with Crippen molar-refractivity contribution in [3.8, 4) is 0 Å². The van der Waals surface area contributed by atoms with Gasteiger partial charge in [0.1, 0.15) is 0 Å². The number of aromatic nitrogens is 2. The smallest absolute Gasteiger partial charge is 0.0680 e. The Labute approximate surface area is 143 Å². The molecule has 2 saturated heterocycles. The molecule has 2 aliphatic heterocycles. The molecule has 1 aromatic rings. The van der Waals surface area contributed by atoms with E-state index in [1.165, 1.54) is 56.6 Å². The van der Waals surface area contributed by atoms with E-state index in [1.54, 1.807) is 0 Å². The van der Waals surface area contributed by atoms with Crippen molar-refractivity contribution in [1.82, 2.24) is 14.7 Å². The molecule has 1 unspecified atom stereocenters. The second kappa shape index (κ2) is 6.41. The van der Waals surface area contributed by atoms with Crippen LogP contribution in [0.3, 0.4) is 0 Å². The third-order valence-electron chi connectivity index (χ3n) is 5.73. The van der Waals surface area contributed by atoms with E-state index in [2.05, 4.69) is 41.8 Å². The topological polar surface area (TPSA) is 30.3 Å². The van der Waals surface area contributed by atoms with Crippen LogP contribution in [0.4, 0.5) is 0 Å². The van der Waals surface area contributed by atoms with E-state index < -0.39 is 0 Å². The third kappa shape index (κ3) is 3.47. The Morgan fingerprint density at radius 2 is 2.13 bits per heavy atom. The highest BCUT2D eigenvalue weighted by atomic mass is 32.2. The molecule has 0 amide bonds. The molecule has 4 nitrogen and oxygen atoms in total. The van der Waals surface area contributed by atoms with Crippen LogP contribution in [0.2, 0.25) is 0 Å². The number of hydrogen-bond acceptors (Lipinski definition) is 4. The molecule has 0 radical (unpaired) electrons. The second-order valence-corrected chi connectivity index (χ2v) is 9.34. The molecule has 1 saturated carbocycles. The molecule has 4 rings (SSSR count). The number of thioether (sulfide) groups is 1. The van der Waals surface area contributed by atoms with Gasteiger partial charge in [0.25, 0.3) is 0 Å². The Morgan fingerprint density at radius 3 is 2.83 bits per heavy atom. The van der Waals surface area contributed by atoms with Crippen LogP contribution in [-0.4, -0.2) is 51.0 Å². The predicted octanol–water partition coefficient (Wildman–Crippen LogP) is 3.00. The SMILES string of the molecule is Cc1cc(CN2CC3(CC(OCC4CCCC4)CS3)C2)n(C)n1. The van der Waals surface area contributed by atoms with E-state index in [4.69, 9.17) is 4.74 Å². The Hall–Kier alpha value is -0.520. The maximum Gasteiger partial charge on any atom is 0.0680 e. The van der Waals surface area contributed by atoms with Gasteiger partial charge in [0, 0.05) is 43.8 Å². The molecule has 1 aromatic heterocycles. The fourth-order valence-electron chi connectivity index (χ4n) is 4.50. The monoisotopic (exact) mass is 335 g/mol. The van der Waals surface area contributed by atoms with Crippen LogP contribution in [0.15, 0.2) is 6.07 Å². The zero-order valence-corrected chi connectivity index (χ0v) is 15.3. The molecule has 3 fully saturated rings. The standard InChI is InChI=1S/C18H29N3OS/c1-14-7-16(20(2)19-14)9-21-12-18(13-21)8-17(11-23-18)22-10-15-5-3-4-6-15/h7,15,17H,3-6,8-13H2,1-2H3. The Bertz CT molecular complexity index is 546. The van der Waals surface area contributed by atoms with Crippen LogP contribution < -0.4 is 0 Å². The molecule has 0 bridgehead atoms. The van der Waals surface area contributed by atoms with E-state index in [0.29, 0.717) is 10.9 Å². The van der Waals surface area contributed by atoms with Crippen molar-refractivity contribution in [2.24, 2.45) is 13.0 Å². The minimum atomic E-state index is 0.480. The number of likely N-dealkylation sites (tertiary alicyclic amines) is 1. The van der Waals surface area contributed by atoms with Crippen molar-refractivity contribution in [3.63, 3.8) is 0 Å². The lowest BCUT2D eigenvalue weighted by molar-refractivity contribution is 0.0189. The van der Waals surface area contributed by atoms with Crippen LogP contribution in [-0.2, 0) is 18.3 Å². The van der Waals surface area contributed by atoms with E-state index in [-0.39, 0.29) is 0 Å². The molecule has 1 spiro atoms. The Balaban J connectivity index is 1.22. The molecular weight excluding hydrogens is 306 g/mol. The molecule has 128 valence electrons. The summed E-state index contributed by atoms with van der Waals surface area (Å²) in [4.78, 5) is 2.56. The van der Waals surface area contributed by atoms with Crippen LogP contribution in [0.25, 0.3) is 0 Å². The fourth-order valence-corrected chi connectivity index (χ4v) is 6.11. The average molecular weight is 336 g/mol. The molecular formula is C18H29N3OS. The first kappa shape index (κ1) is 16.0. The molecule has 0 aromatic carbocycles. The van der Waals surface area contributed by atoms with Crippen LogP contribution >= 0.6 is 11.8 Å². The van der Waals surface area contributed by atoms with Crippen LogP contribution in [0.1, 0.15) is 43.5 Å². The summed E-state index contributed by atoms with van der Waals surface area (Å²) >= 11 is 2.16. The molecule has 0 N–H and O–H groups in total. The fraction of sp³-hybridized carbons (Fsp3) is 0.833. The summed E-state index contributed by atoms with van der Waals surface area (Å²) in [5.74, 6) is 2.05. The molecule has 1 atom stereocenters. The summed E-state index contributed by atoms with van der Waals surface area (Å²) in [6, 6.07) is 2.21. The van der Waals surface area contributed by atoms with Crippen molar-refractivity contribution in [1.29, 1.82) is 0 Å². The summed E-state index contributed by atoms with van der Waals surface area (Å²) < 4.78 is 8.74. The summed E-state index contributed by atoms with van der Waals surface area (Å²) in [5.41, 5.74) is 2.45. The number of nitrogens with zero attached hydrogens (tertiary/aromatic N) is 3. The Morgan fingerprint density at radius 1 is 1.35 bits per heavy atom. The summed E-state index contributed by atoms with van der Waals surface area (Å²) in [6.07, 6.45) is 7.37. The summed E-state index contributed by atoms with van der Waals surface area (Å²) in [6.45, 7) is 6.54. The first-order valence-electron chi connectivity index (χ1n) is 9.09. The van der Waals surface area contributed by atoms with Crippen molar-refractivity contribution >= 4 is 11.8 Å². The molecule has 5 heteroatoms. The normalized spacial score (nSPS) is 27.8. The van der Waals surface area contributed by atoms with Gasteiger partial charge >= 0.3 is 0 Å². The van der Waals surface area contributed by atoms with E-state index in [0.717, 1.165) is 24.8 Å². The summed E-state index contributed by atoms with van der Waals surface area (Å²) in [7, 11) is 2.05. The highest BCUT2D eigenvalue weighted by molar-refractivity contribution is 8.01. The molecule has 3 heterocycles. The quantitative estimate of drug-likeness (QED) is 0.827.